The lowest BCUT2D eigenvalue weighted by Crippen LogP contribution is -2.41. The molecule has 0 aliphatic heterocycles. The highest BCUT2D eigenvalue weighted by atomic mass is 35.5. The molecule has 36 heavy (non-hydrogen) atoms. The third kappa shape index (κ3) is 7.35. The van der Waals surface area contributed by atoms with Gasteiger partial charge in [0.25, 0.3) is 0 Å². The van der Waals surface area contributed by atoms with Crippen LogP contribution in [0.1, 0.15) is 24.8 Å². The molecule has 2 aromatic carbocycles. The first-order valence-corrected chi connectivity index (χ1v) is 11.5. The lowest BCUT2D eigenvalue weighted by Gasteiger charge is -2.28. The minimum atomic E-state index is -0.807. The SMILES string of the molecule is CN(C(=O)CCc1cccc(F)c1Cl)[C@@H](CCC(=N)N)COC(=O)Nc1cc2cc(F)ccc2cn1. The number of hydrogen-bond donors (Lipinski definition) is 3. The zero-order valence-corrected chi connectivity index (χ0v) is 20.3. The topological polar surface area (TPSA) is 121 Å². The minimum absolute atomic E-state index is 0.0221. The molecule has 190 valence electrons. The monoisotopic (exact) mass is 517 g/mol. The number of nitrogens with zero attached hydrogens (tertiary/aromatic N) is 2. The zero-order valence-electron chi connectivity index (χ0n) is 19.6. The van der Waals surface area contributed by atoms with E-state index in [9.17, 15) is 18.4 Å². The van der Waals surface area contributed by atoms with Crippen LogP contribution in [0.15, 0.2) is 48.7 Å². The molecule has 1 heterocycles. The van der Waals surface area contributed by atoms with E-state index in [0.29, 0.717) is 22.8 Å². The van der Waals surface area contributed by atoms with Crippen LogP contribution in [0, 0.1) is 17.0 Å². The molecular formula is C25H26ClF2N5O3. The van der Waals surface area contributed by atoms with Crippen LogP contribution in [0.25, 0.3) is 10.8 Å². The van der Waals surface area contributed by atoms with Crippen LogP contribution in [-0.2, 0) is 16.0 Å². The van der Waals surface area contributed by atoms with Crippen molar-refractivity contribution in [2.24, 2.45) is 5.73 Å². The molecule has 0 saturated heterocycles. The number of amidine groups is 1. The van der Waals surface area contributed by atoms with Crippen molar-refractivity contribution in [3.63, 3.8) is 0 Å². The third-order valence-corrected chi connectivity index (χ3v) is 6.07. The van der Waals surface area contributed by atoms with Crippen molar-refractivity contribution >= 4 is 46.0 Å². The highest BCUT2D eigenvalue weighted by Crippen LogP contribution is 2.22. The lowest BCUT2D eigenvalue weighted by atomic mass is 10.1. The van der Waals surface area contributed by atoms with Gasteiger partial charge < -0.3 is 15.4 Å². The molecule has 3 aromatic rings. The maximum atomic E-state index is 13.7. The van der Waals surface area contributed by atoms with Gasteiger partial charge in [-0.1, -0.05) is 23.7 Å². The first-order valence-electron chi connectivity index (χ1n) is 11.1. The first kappa shape index (κ1) is 26.8. The summed E-state index contributed by atoms with van der Waals surface area (Å²) in [4.78, 5) is 30.7. The smallest absolute Gasteiger partial charge is 0.412 e. The highest BCUT2D eigenvalue weighted by molar-refractivity contribution is 6.31. The first-order chi connectivity index (χ1) is 17.1. The maximum Gasteiger partial charge on any atom is 0.412 e. The van der Waals surface area contributed by atoms with Crippen LogP contribution in [0.2, 0.25) is 5.02 Å². The Kier molecular flexibility index (Phi) is 9.13. The van der Waals surface area contributed by atoms with E-state index >= 15 is 0 Å². The number of carbonyl (C=O) groups is 2. The Bertz CT molecular complexity index is 1270. The number of likely N-dealkylation sites (N-methyl/N-ethyl adjacent to an activating group) is 1. The number of fused-ring (bicyclic) bond motifs is 1. The number of pyridine rings is 1. The Morgan fingerprint density at radius 3 is 2.72 bits per heavy atom. The number of amides is 2. The number of aromatic nitrogens is 1. The van der Waals surface area contributed by atoms with Crippen molar-refractivity contribution in [2.75, 3.05) is 19.0 Å². The molecule has 3 rings (SSSR count). The zero-order chi connectivity index (χ0) is 26.2. The van der Waals surface area contributed by atoms with Gasteiger partial charge >= 0.3 is 6.09 Å². The van der Waals surface area contributed by atoms with Gasteiger partial charge in [-0.2, -0.15) is 0 Å². The number of ether oxygens (including phenoxy) is 1. The van der Waals surface area contributed by atoms with Crippen LogP contribution in [0.5, 0.6) is 0 Å². The van der Waals surface area contributed by atoms with Gasteiger partial charge in [0.05, 0.1) is 16.9 Å². The fourth-order valence-corrected chi connectivity index (χ4v) is 3.79. The summed E-state index contributed by atoms with van der Waals surface area (Å²) < 4.78 is 32.5. The fraction of sp³-hybridized carbons (Fsp3) is 0.280. The Labute approximate surface area is 211 Å². The Hall–Kier alpha value is -3.79. The van der Waals surface area contributed by atoms with Crippen LogP contribution in [0.3, 0.4) is 0 Å². The minimum Gasteiger partial charge on any atom is -0.447 e. The summed E-state index contributed by atoms with van der Waals surface area (Å²) in [5.41, 5.74) is 5.98. The van der Waals surface area contributed by atoms with Gasteiger partial charge in [-0.25, -0.2) is 18.6 Å². The second-order valence-corrected chi connectivity index (χ2v) is 8.60. The molecule has 0 aliphatic rings. The largest absolute Gasteiger partial charge is 0.447 e. The van der Waals surface area contributed by atoms with Gasteiger partial charge in [0.15, 0.2) is 0 Å². The summed E-state index contributed by atoms with van der Waals surface area (Å²) in [7, 11) is 1.56. The number of hydrogen-bond acceptors (Lipinski definition) is 5. The molecule has 4 N–H and O–H groups in total. The molecule has 0 spiro atoms. The van der Waals surface area contributed by atoms with Gasteiger partial charge in [-0.15, -0.1) is 0 Å². The van der Waals surface area contributed by atoms with E-state index < -0.39 is 23.8 Å². The summed E-state index contributed by atoms with van der Waals surface area (Å²) >= 11 is 5.97. The van der Waals surface area contributed by atoms with E-state index in [1.807, 2.05) is 0 Å². The van der Waals surface area contributed by atoms with Crippen molar-refractivity contribution in [2.45, 2.75) is 31.7 Å². The summed E-state index contributed by atoms with van der Waals surface area (Å²) in [5, 5.41) is 11.2. The molecule has 1 atom stereocenters. The average molecular weight is 518 g/mol. The third-order valence-electron chi connectivity index (χ3n) is 5.65. The van der Waals surface area contributed by atoms with E-state index in [4.69, 9.17) is 27.5 Å². The summed E-state index contributed by atoms with van der Waals surface area (Å²) in [5.74, 6) is -1.13. The molecule has 11 heteroatoms. The second kappa shape index (κ2) is 12.3. The lowest BCUT2D eigenvalue weighted by molar-refractivity contribution is -0.132. The molecule has 0 bridgehead atoms. The normalized spacial score (nSPS) is 11.7. The standard InChI is InChI=1S/C25H26ClF2N5O3/c1-33(23(34)10-6-15-3-2-4-20(28)24(15)26)19(8-9-21(29)30)14-36-25(35)32-22-12-17-11-18(27)7-5-16(17)13-31-22/h2-5,7,11-13,19H,6,8-10,14H2,1H3,(H3,29,30)(H,31,32,35)/t19-/m0/s1. The van der Waals surface area contributed by atoms with Gasteiger partial charge in [-0.3, -0.25) is 15.5 Å². The predicted molar refractivity (Wildman–Crippen MR) is 134 cm³/mol. The summed E-state index contributed by atoms with van der Waals surface area (Å²) in [6.07, 6.45) is 1.46. The van der Waals surface area contributed by atoms with E-state index in [0.717, 1.165) is 0 Å². The predicted octanol–water partition coefficient (Wildman–Crippen LogP) is 4.89. The van der Waals surface area contributed by atoms with E-state index in [1.54, 1.807) is 19.2 Å². The van der Waals surface area contributed by atoms with E-state index in [-0.39, 0.29) is 48.5 Å². The van der Waals surface area contributed by atoms with Crippen LogP contribution in [-0.4, -0.2) is 47.4 Å². The quantitative estimate of drug-likeness (QED) is 0.261. The number of nitrogens with one attached hydrogen (secondary N) is 2. The van der Waals surface area contributed by atoms with E-state index in [2.05, 4.69) is 10.3 Å². The number of anilines is 1. The molecular weight excluding hydrogens is 492 g/mol. The molecule has 2 amide bonds. The highest BCUT2D eigenvalue weighted by Gasteiger charge is 2.22. The number of halogens is 3. The molecule has 0 fully saturated rings. The molecule has 1 aromatic heterocycles. The molecule has 0 radical (unpaired) electrons. The number of benzene rings is 2. The molecule has 0 aliphatic carbocycles. The van der Waals surface area contributed by atoms with Gasteiger partial charge in [-0.05, 0) is 54.1 Å². The van der Waals surface area contributed by atoms with Gasteiger partial charge in [0.2, 0.25) is 5.91 Å². The van der Waals surface area contributed by atoms with E-state index in [1.165, 1.54) is 41.4 Å². The van der Waals surface area contributed by atoms with Gasteiger partial charge in [0.1, 0.15) is 24.1 Å². The maximum absolute atomic E-state index is 13.7. The van der Waals surface area contributed by atoms with Crippen molar-refractivity contribution in [3.05, 3.63) is 70.9 Å². The summed E-state index contributed by atoms with van der Waals surface area (Å²) in [6, 6.07) is 9.58. The fourth-order valence-electron chi connectivity index (χ4n) is 3.57. The van der Waals surface area contributed by atoms with Crippen LogP contribution < -0.4 is 11.1 Å². The summed E-state index contributed by atoms with van der Waals surface area (Å²) in [6.45, 7) is -0.162. The number of rotatable bonds is 10. The van der Waals surface area contributed by atoms with Crippen molar-refractivity contribution < 1.29 is 23.1 Å². The van der Waals surface area contributed by atoms with Crippen LogP contribution in [0.4, 0.5) is 19.4 Å². The second-order valence-electron chi connectivity index (χ2n) is 8.22. The number of aryl methyl sites for hydroxylation is 1. The van der Waals surface area contributed by atoms with Crippen LogP contribution >= 0.6 is 11.6 Å². The Balaban J connectivity index is 1.60. The van der Waals surface area contributed by atoms with Crippen molar-refractivity contribution in [1.82, 2.24) is 9.88 Å². The molecule has 8 nitrogen and oxygen atoms in total. The molecule has 0 saturated carbocycles. The van der Waals surface area contributed by atoms with Gasteiger partial charge in [0, 0.05) is 31.5 Å². The Morgan fingerprint density at radius 2 is 1.97 bits per heavy atom. The van der Waals surface area contributed by atoms with Crippen molar-refractivity contribution in [1.29, 1.82) is 5.41 Å². The number of nitrogens with two attached hydrogens (primary N) is 1. The molecule has 0 unspecified atom stereocenters. The number of carbonyl (C=O) groups excluding carboxylic acids is 2. The Morgan fingerprint density at radius 1 is 1.19 bits per heavy atom. The average Bonchev–Trinajstić information content (AvgIpc) is 2.84. The van der Waals surface area contributed by atoms with Crippen molar-refractivity contribution in [3.8, 4) is 0 Å².